The Morgan fingerprint density at radius 3 is 2.38 bits per heavy atom. The molecule has 3 aromatic rings. The highest BCUT2D eigenvalue weighted by atomic mass is 35.5. The third-order valence-corrected chi connectivity index (χ3v) is 6.82. The smallest absolute Gasteiger partial charge is 0.243 e. The Labute approximate surface area is 174 Å². The van der Waals surface area contributed by atoms with Gasteiger partial charge in [0.05, 0.1) is 11.4 Å². The normalized spacial score (nSPS) is 11.8. The minimum Gasteiger partial charge on any atom is -0.340 e. The van der Waals surface area contributed by atoms with Gasteiger partial charge in [0.1, 0.15) is 5.82 Å². The number of fused-ring (bicyclic) bond motifs is 1. The molecule has 0 saturated heterocycles. The zero-order valence-electron chi connectivity index (χ0n) is 16.0. The predicted octanol–water partition coefficient (Wildman–Crippen LogP) is 3.91. The summed E-state index contributed by atoms with van der Waals surface area (Å²) in [5, 5.41) is 1.92. The fourth-order valence-corrected chi connectivity index (χ4v) is 4.29. The summed E-state index contributed by atoms with van der Waals surface area (Å²) in [6, 6.07) is 16.5. The number of carbonyl (C=O) groups is 1. The summed E-state index contributed by atoms with van der Waals surface area (Å²) >= 11 is 6.00. The summed E-state index contributed by atoms with van der Waals surface area (Å²) in [4.78, 5) is 13.9. The fraction of sp³-hybridized carbons (Fsp3) is 0.190. The number of halogens is 2. The third-order valence-electron chi connectivity index (χ3n) is 4.67. The number of amides is 1. The summed E-state index contributed by atoms with van der Waals surface area (Å²) in [5.41, 5.74) is 0.185. The molecule has 0 saturated carbocycles. The topological polar surface area (TPSA) is 57.7 Å². The van der Waals surface area contributed by atoms with Crippen molar-refractivity contribution in [3.8, 4) is 0 Å². The van der Waals surface area contributed by atoms with Crippen LogP contribution < -0.4 is 0 Å². The molecule has 0 aliphatic heterocycles. The van der Waals surface area contributed by atoms with Gasteiger partial charge >= 0.3 is 0 Å². The number of rotatable bonds is 6. The highest BCUT2D eigenvalue weighted by Gasteiger charge is 2.25. The monoisotopic (exact) mass is 434 g/mol. The van der Waals surface area contributed by atoms with Gasteiger partial charge in [0.25, 0.3) is 0 Å². The Bertz CT molecular complexity index is 1150. The highest BCUT2D eigenvalue weighted by molar-refractivity contribution is 7.89. The van der Waals surface area contributed by atoms with Gasteiger partial charge < -0.3 is 4.90 Å². The number of nitrogens with zero attached hydrogens (tertiary/aromatic N) is 2. The van der Waals surface area contributed by atoms with Crippen LogP contribution >= 0.6 is 11.6 Å². The van der Waals surface area contributed by atoms with E-state index in [0.29, 0.717) is 0 Å². The number of benzene rings is 3. The lowest BCUT2D eigenvalue weighted by Gasteiger charge is -2.22. The molecule has 0 N–H and O–H groups in total. The lowest BCUT2D eigenvalue weighted by Crippen LogP contribution is -2.39. The molecule has 5 nitrogen and oxygen atoms in total. The van der Waals surface area contributed by atoms with Crippen LogP contribution in [0.2, 0.25) is 5.02 Å². The molecule has 0 aliphatic carbocycles. The van der Waals surface area contributed by atoms with Crippen molar-refractivity contribution in [2.24, 2.45) is 0 Å². The zero-order chi connectivity index (χ0) is 21.2. The first-order valence-corrected chi connectivity index (χ1v) is 10.6. The van der Waals surface area contributed by atoms with Crippen molar-refractivity contribution < 1.29 is 17.6 Å². The average Bonchev–Trinajstić information content (AvgIpc) is 2.70. The maximum atomic E-state index is 13.9. The van der Waals surface area contributed by atoms with Crippen LogP contribution in [0.25, 0.3) is 10.8 Å². The van der Waals surface area contributed by atoms with E-state index in [2.05, 4.69) is 0 Å². The molecule has 0 atom stereocenters. The minimum atomic E-state index is -3.86. The number of sulfonamides is 1. The molecule has 0 aromatic heterocycles. The van der Waals surface area contributed by atoms with Gasteiger partial charge in [0.15, 0.2) is 0 Å². The quantitative estimate of drug-likeness (QED) is 0.591. The molecule has 8 heteroatoms. The first kappa shape index (κ1) is 21.2. The lowest BCUT2D eigenvalue weighted by atomic mass is 10.1. The summed E-state index contributed by atoms with van der Waals surface area (Å²) in [7, 11) is -1.05. The van der Waals surface area contributed by atoms with Gasteiger partial charge in [-0.15, -0.1) is 0 Å². The van der Waals surface area contributed by atoms with Crippen molar-refractivity contribution in [3.63, 3.8) is 0 Å². The molecule has 1 amide bonds. The zero-order valence-corrected chi connectivity index (χ0v) is 17.5. The van der Waals surface area contributed by atoms with Gasteiger partial charge in [-0.25, -0.2) is 12.8 Å². The largest absolute Gasteiger partial charge is 0.340 e. The molecular formula is C21H20ClFN2O3S. The molecule has 29 heavy (non-hydrogen) atoms. The van der Waals surface area contributed by atoms with Crippen LogP contribution in [0.3, 0.4) is 0 Å². The molecule has 0 heterocycles. The van der Waals surface area contributed by atoms with E-state index in [1.165, 1.54) is 43.3 Å². The second-order valence-electron chi connectivity index (χ2n) is 6.72. The molecule has 0 unspecified atom stereocenters. The first-order valence-electron chi connectivity index (χ1n) is 8.82. The van der Waals surface area contributed by atoms with Gasteiger partial charge in [-0.05, 0) is 35.0 Å². The average molecular weight is 435 g/mol. The van der Waals surface area contributed by atoms with Gasteiger partial charge in [-0.1, -0.05) is 48.0 Å². The van der Waals surface area contributed by atoms with Crippen LogP contribution in [0.4, 0.5) is 4.39 Å². The molecule has 0 aliphatic rings. The second kappa shape index (κ2) is 8.49. The Morgan fingerprint density at radius 2 is 1.69 bits per heavy atom. The number of hydrogen-bond acceptors (Lipinski definition) is 3. The lowest BCUT2D eigenvalue weighted by molar-refractivity contribution is -0.130. The van der Waals surface area contributed by atoms with E-state index in [0.717, 1.165) is 15.1 Å². The van der Waals surface area contributed by atoms with Gasteiger partial charge in [0.2, 0.25) is 15.9 Å². The van der Waals surface area contributed by atoms with E-state index in [1.54, 1.807) is 12.1 Å². The van der Waals surface area contributed by atoms with Crippen LogP contribution in [0.1, 0.15) is 5.56 Å². The Morgan fingerprint density at radius 1 is 1.00 bits per heavy atom. The van der Waals surface area contributed by atoms with Crippen LogP contribution in [0.15, 0.2) is 65.6 Å². The highest BCUT2D eigenvalue weighted by Crippen LogP contribution is 2.22. The predicted molar refractivity (Wildman–Crippen MR) is 112 cm³/mol. The molecule has 0 spiro atoms. The van der Waals surface area contributed by atoms with Crippen LogP contribution in [-0.4, -0.2) is 44.2 Å². The number of carbonyl (C=O) groups excluding carboxylic acids is 1. The van der Waals surface area contributed by atoms with Crippen molar-refractivity contribution in [2.45, 2.75) is 11.4 Å². The second-order valence-corrected chi connectivity index (χ2v) is 9.17. The van der Waals surface area contributed by atoms with E-state index >= 15 is 0 Å². The third kappa shape index (κ3) is 4.58. The van der Waals surface area contributed by atoms with Gasteiger partial charge in [-0.3, -0.25) is 4.79 Å². The van der Waals surface area contributed by atoms with Crippen molar-refractivity contribution in [3.05, 3.63) is 77.1 Å². The van der Waals surface area contributed by atoms with E-state index in [9.17, 15) is 17.6 Å². The van der Waals surface area contributed by atoms with E-state index in [1.807, 2.05) is 24.3 Å². The van der Waals surface area contributed by atoms with Crippen LogP contribution in [0, 0.1) is 5.82 Å². The van der Waals surface area contributed by atoms with Crippen molar-refractivity contribution in [2.75, 3.05) is 20.6 Å². The summed E-state index contributed by atoms with van der Waals surface area (Å²) in [6.07, 6.45) is 0. The maximum absolute atomic E-state index is 13.9. The Hall–Kier alpha value is -2.48. The van der Waals surface area contributed by atoms with Gasteiger partial charge in [0, 0.05) is 31.2 Å². The van der Waals surface area contributed by atoms with Crippen LogP contribution in [0.5, 0.6) is 0 Å². The SMILES string of the molecule is CN(Cc1c(F)cccc1Cl)C(=O)CN(C)S(=O)(=O)c1ccc2ccccc2c1. The number of likely N-dealkylation sites (N-methyl/N-ethyl adjacent to an activating group) is 2. The molecule has 152 valence electrons. The van der Waals surface area contributed by atoms with Crippen molar-refractivity contribution >= 4 is 38.3 Å². The molecule has 0 fully saturated rings. The van der Waals surface area contributed by atoms with Crippen molar-refractivity contribution in [1.82, 2.24) is 9.21 Å². The summed E-state index contributed by atoms with van der Waals surface area (Å²) in [6.45, 7) is -0.439. The number of hydrogen-bond donors (Lipinski definition) is 0. The maximum Gasteiger partial charge on any atom is 0.243 e. The van der Waals surface area contributed by atoms with E-state index in [-0.39, 0.29) is 28.6 Å². The fourth-order valence-electron chi connectivity index (χ4n) is 2.91. The molecule has 3 rings (SSSR count). The van der Waals surface area contributed by atoms with Crippen molar-refractivity contribution in [1.29, 1.82) is 0 Å². The molecular weight excluding hydrogens is 415 g/mol. The van der Waals surface area contributed by atoms with Crippen LogP contribution in [-0.2, 0) is 21.4 Å². The summed E-state index contributed by atoms with van der Waals surface area (Å²) < 4.78 is 40.7. The first-order chi connectivity index (χ1) is 13.7. The Balaban J connectivity index is 1.75. The van der Waals surface area contributed by atoms with E-state index < -0.39 is 21.7 Å². The standard InChI is InChI=1S/C21H20ClFN2O3S/c1-24(13-18-19(22)8-5-9-20(18)23)21(26)14-25(2)29(27,28)17-11-10-15-6-3-4-7-16(15)12-17/h3-12H,13-14H2,1-2H3. The molecule has 3 aromatic carbocycles. The molecule has 0 bridgehead atoms. The van der Waals surface area contributed by atoms with E-state index in [4.69, 9.17) is 11.6 Å². The Kier molecular flexibility index (Phi) is 6.21. The molecule has 0 radical (unpaired) electrons. The minimum absolute atomic E-state index is 0.0613. The summed E-state index contributed by atoms with van der Waals surface area (Å²) in [5.74, 6) is -0.995. The van der Waals surface area contributed by atoms with Gasteiger partial charge in [-0.2, -0.15) is 4.31 Å².